The molecular weight excluding hydrogens is 366 g/mol. The molecule has 144 valence electrons. The van der Waals surface area contributed by atoms with Crippen LogP contribution in [0.2, 0.25) is 0 Å². The average molecular weight is 382 g/mol. The highest BCUT2D eigenvalue weighted by atomic mass is 19.4. The van der Waals surface area contributed by atoms with E-state index in [1.165, 1.54) is 12.1 Å². The lowest BCUT2D eigenvalue weighted by Crippen LogP contribution is -2.55. The first kappa shape index (κ1) is 20.1. The van der Waals surface area contributed by atoms with Gasteiger partial charge in [-0.3, -0.25) is 14.5 Å². The predicted molar refractivity (Wildman–Crippen MR) is 80.2 cm³/mol. The van der Waals surface area contributed by atoms with E-state index < -0.39 is 43.2 Å². The number of amides is 2. The van der Waals surface area contributed by atoms with Crippen LogP contribution in [0.15, 0.2) is 24.3 Å². The fourth-order valence-corrected chi connectivity index (χ4v) is 2.92. The van der Waals surface area contributed by atoms with Crippen LogP contribution in [-0.2, 0) is 16.0 Å². The van der Waals surface area contributed by atoms with E-state index in [9.17, 15) is 35.9 Å². The first-order chi connectivity index (χ1) is 11.9. The van der Waals surface area contributed by atoms with Crippen molar-refractivity contribution in [1.82, 2.24) is 4.90 Å². The summed E-state index contributed by atoms with van der Waals surface area (Å²) in [5.74, 6) is -2.63. The standard InChI is InChI=1S/C16H16F6N2O2/c1-23(13(25)8-15(17,18)19)12-7-6-10-4-2-3-5-11(10)24(12)14(26)9-16(20,21)22/h2-5,12H,6-9H2,1H3. The normalized spacial score (nSPS) is 17.7. The zero-order valence-corrected chi connectivity index (χ0v) is 13.7. The molecule has 0 bridgehead atoms. The second kappa shape index (κ2) is 7.16. The van der Waals surface area contributed by atoms with Crippen molar-refractivity contribution >= 4 is 17.5 Å². The van der Waals surface area contributed by atoms with Crippen LogP contribution in [-0.4, -0.2) is 42.3 Å². The lowest BCUT2D eigenvalue weighted by molar-refractivity contribution is -0.162. The molecule has 0 saturated heterocycles. The Morgan fingerprint density at radius 3 is 2.23 bits per heavy atom. The van der Waals surface area contributed by atoms with E-state index >= 15 is 0 Å². The molecule has 1 aliphatic rings. The van der Waals surface area contributed by atoms with Gasteiger partial charge in [0, 0.05) is 12.7 Å². The molecule has 0 fully saturated rings. The number of aryl methyl sites for hydroxylation is 1. The van der Waals surface area contributed by atoms with Crippen molar-refractivity contribution in [2.24, 2.45) is 0 Å². The molecule has 0 aliphatic carbocycles. The van der Waals surface area contributed by atoms with Crippen LogP contribution in [0, 0.1) is 0 Å². The number of carbonyl (C=O) groups is 2. The van der Waals surface area contributed by atoms with Crippen LogP contribution < -0.4 is 4.90 Å². The largest absolute Gasteiger partial charge is 0.397 e. The maximum atomic E-state index is 12.7. The highest BCUT2D eigenvalue weighted by Crippen LogP contribution is 2.34. The van der Waals surface area contributed by atoms with E-state index in [2.05, 4.69) is 0 Å². The molecule has 26 heavy (non-hydrogen) atoms. The van der Waals surface area contributed by atoms with E-state index in [1.807, 2.05) is 0 Å². The van der Waals surface area contributed by atoms with Crippen molar-refractivity contribution in [3.8, 4) is 0 Å². The number of fused-ring (bicyclic) bond motifs is 1. The number of nitrogens with zero attached hydrogens (tertiary/aromatic N) is 2. The third-order valence-corrected chi connectivity index (χ3v) is 4.03. The van der Waals surface area contributed by atoms with Gasteiger partial charge in [-0.05, 0) is 24.5 Å². The highest BCUT2D eigenvalue weighted by Gasteiger charge is 2.42. The third-order valence-electron chi connectivity index (χ3n) is 4.03. The van der Waals surface area contributed by atoms with Gasteiger partial charge in [-0.1, -0.05) is 18.2 Å². The van der Waals surface area contributed by atoms with Crippen LogP contribution in [0.1, 0.15) is 24.8 Å². The fourth-order valence-electron chi connectivity index (χ4n) is 2.92. The van der Waals surface area contributed by atoms with E-state index in [4.69, 9.17) is 0 Å². The summed E-state index contributed by atoms with van der Waals surface area (Å²) in [6.07, 6.45) is -13.9. The molecule has 2 amide bonds. The van der Waals surface area contributed by atoms with Gasteiger partial charge in [0.2, 0.25) is 11.8 Å². The number of carbonyl (C=O) groups excluding carboxylic acids is 2. The van der Waals surface area contributed by atoms with Gasteiger partial charge < -0.3 is 4.90 Å². The number of alkyl halides is 6. The van der Waals surface area contributed by atoms with Crippen molar-refractivity contribution in [3.05, 3.63) is 29.8 Å². The van der Waals surface area contributed by atoms with Gasteiger partial charge in [-0.2, -0.15) is 26.3 Å². The Hall–Kier alpha value is -2.26. The topological polar surface area (TPSA) is 40.6 Å². The zero-order valence-electron chi connectivity index (χ0n) is 13.7. The Bertz CT molecular complexity index is 686. The number of benzene rings is 1. The van der Waals surface area contributed by atoms with Gasteiger partial charge in [0.05, 0.1) is 0 Å². The Labute approximate surface area is 145 Å². The maximum absolute atomic E-state index is 12.7. The molecule has 0 spiro atoms. The number of hydrogen-bond donors (Lipinski definition) is 0. The highest BCUT2D eigenvalue weighted by molar-refractivity contribution is 5.96. The van der Waals surface area contributed by atoms with Crippen molar-refractivity contribution in [2.45, 2.75) is 44.2 Å². The predicted octanol–water partition coefficient (Wildman–Crippen LogP) is 3.66. The molecule has 10 heteroatoms. The Kier molecular flexibility index (Phi) is 5.52. The molecule has 1 heterocycles. The zero-order chi connectivity index (χ0) is 19.7. The minimum absolute atomic E-state index is 0.0424. The smallest absolute Gasteiger partial charge is 0.324 e. The first-order valence-electron chi connectivity index (χ1n) is 7.68. The molecule has 4 nitrogen and oxygen atoms in total. The summed E-state index contributed by atoms with van der Waals surface area (Å²) in [6, 6.07) is 6.19. The lowest BCUT2D eigenvalue weighted by atomic mass is 9.98. The molecule has 1 atom stereocenters. The minimum atomic E-state index is -4.78. The molecule has 0 N–H and O–H groups in total. The van der Waals surface area contributed by atoms with Crippen molar-refractivity contribution in [2.75, 3.05) is 11.9 Å². The van der Waals surface area contributed by atoms with Crippen LogP contribution in [0.4, 0.5) is 32.0 Å². The molecule has 0 aromatic heterocycles. The number of halogens is 6. The summed E-state index contributed by atoms with van der Waals surface area (Å²) in [5, 5.41) is 0. The molecule has 0 radical (unpaired) electrons. The van der Waals surface area contributed by atoms with Gasteiger partial charge in [0.25, 0.3) is 0 Å². The van der Waals surface area contributed by atoms with E-state index in [1.54, 1.807) is 12.1 Å². The Balaban J connectivity index is 2.35. The van der Waals surface area contributed by atoms with Crippen LogP contribution in [0.25, 0.3) is 0 Å². The Morgan fingerprint density at radius 1 is 1.08 bits per heavy atom. The monoisotopic (exact) mass is 382 g/mol. The van der Waals surface area contributed by atoms with Gasteiger partial charge in [-0.15, -0.1) is 0 Å². The second-order valence-electron chi connectivity index (χ2n) is 6.00. The fraction of sp³-hybridized carbons (Fsp3) is 0.500. The van der Waals surface area contributed by atoms with Crippen LogP contribution >= 0.6 is 0 Å². The summed E-state index contributed by atoms with van der Waals surface area (Å²) in [6.45, 7) is 0. The van der Waals surface area contributed by atoms with Crippen molar-refractivity contribution in [1.29, 1.82) is 0 Å². The second-order valence-corrected chi connectivity index (χ2v) is 6.00. The quantitative estimate of drug-likeness (QED) is 0.749. The van der Waals surface area contributed by atoms with E-state index in [0.29, 0.717) is 16.9 Å². The van der Waals surface area contributed by atoms with E-state index in [-0.39, 0.29) is 12.1 Å². The van der Waals surface area contributed by atoms with Crippen molar-refractivity contribution in [3.63, 3.8) is 0 Å². The van der Waals surface area contributed by atoms with Gasteiger partial charge >= 0.3 is 12.4 Å². The van der Waals surface area contributed by atoms with Crippen LogP contribution in [0.3, 0.4) is 0 Å². The summed E-state index contributed by atoms with van der Waals surface area (Å²) >= 11 is 0. The minimum Gasteiger partial charge on any atom is -0.324 e. The van der Waals surface area contributed by atoms with Gasteiger partial charge in [0.1, 0.15) is 19.0 Å². The number of hydrogen-bond acceptors (Lipinski definition) is 2. The lowest BCUT2D eigenvalue weighted by Gasteiger charge is -2.42. The van der Waals surface area contributed by atoms with Gasteiger partial charge in [-0.25, -0.2) is 0 Å². The summed E-state index contributed by atoms with van der Waals surface area (Å²) in [7, 11) is 1.06. The maximum Gasteiger partial charge on any atom is 0.397 e. The van der Waals surface area contributed by atoms with Crippen LogP contribution in [0.5, 0.6) is 0 Å². The van der Waals surface area contributed by atoms with E-state index in [0.717, 1.165) is 11.9 Å². The third kappa shape index (κ3) is 4.89. The molecular formula is C16H16F6N2O2. The average Bonchev–Trinajstić information content (AvgIpc) is 2.49. The number of para-hydroxylation sites is 1. The summed E-state index contributed by atoms with van der Waals surface area (Å²) < 4.78 is 75.4. The van der Waals surface area contributed by atoms with Gasteiger partial charge in [0.15, 0.2) is 0 Å². The summed E-state index contributed by atoms with van der Waals surface area (Å²) in [4.78, 5) is 25.6. The molecule has 1 aromatic carbocycles. The number of anilines is 1. The molecule has 1 aliphatic heterocycles. The molecule has 1 unspecified atom stereocenters. The molecule has 2 rings (SSSR count). The van der Waals surface area contributed by atoms with Crippen molar-refractivity contribution < 1.29 is 35.9 Å². The molecule has 1 aromatic rings. The molecule has 0 saturated carbocycles. The Morgan fingerprint density at radius 2 is 1.65 bits per heavy atom. The summed E-state index contributed by atoms with van der Waals surface area (Å²) in [5.41, 5.74) is 0.764. The SMILES string of the molecule is CN(C(=O)CC(F)(F)F)C1CCc2ccccc2N1C(=O)CC(F)(F)F. The first-order valence-corrected chi connectivity index (χ1v) is 7.68. The number of rotatable bonds is 3.